The van der Waals surface area contributed by atoms with Crippen LogP contribution in [0.15, 0.2) is 91.5 Å². The summed E-state index contributed by atoms with van der Waals surface area (Å²) >= 11 is 6.13. The minimum atomic E-state index is -0.715. The van der Waals surface area contributed by atoms with Crippen LogP contribution in [0.1, 0.15) is 29.7 Å². The van der Waals surface area contributed by atoms with Gasteiger partial charge < -0.3 is 10.4 Å². The average molecular weight is 366 g/mol. The van der Waals surface area contributed by atoms with Crippen LogP contribution in [0, 0.1) is 0 Å². The smallest absolute Gasteiger partial charge is 0.106 e. The van der Waals surface area contributed by atoms with E-state index in [1.165, 1.54) is 5.56 Å². The van der Waals surface area contributed by atoms with Crippen molar-refractivity contribution in [2.75, 3.05) is 5.32 Å². The first-order valence-corrected chi connectivity index (χ1v) is 8.90. The molecule has 0 aliphatic carbocycles. The third-order valence-corrected chi connectivity index (χ3v) is 3.98. The summed E-state index contributed by atoms with van der Waals surface area (Å²) in [5, 5.41) is 14.7. The first-order valence-electron chi connectivity index (χ1n) is 8.53. The van der Waals surface area contributed by atoms with Crippen molar-refractivity contribution >= 4 is 17.3 Å². The number of aliphatic hydroxyl groups is 1. The SMILES string of the molecule is C=CC.OC(c1ccccc1)c1cc(Cl)ccc1NCc1ccccc1. The van der Waals surface area contributed by atoms with Crippen molar-refractivity contribution in [2.24, 2.45) is 0 Å². The monoisotopic (exact) mass is 365 g/mol. The van der Waals surface area contributed by atoms with Gasteiger partial charge in [0, 0.05) is 22.8 Å². The fourth-order valence-corrected chi connectivity index (χ4v) is 2.71. The molecule has 134 valence electrons. The highest BCUT2D eigenvalue weighted by atomic mass is 35.5. The lowest BCUT2D eigenvalue weighted by Crippen LogP contribution is -2.07. The zero-order valence-electron chi connectivity index (χ0n) is 14.9. The van der Waals surface area contributed by atoms with Crippen LogP contribution in [0.4, 0.5) is 5.69 Å². The normalized spacial score (nSPS) is 11.0. The second-order valence-electron chi connectivity index (χ2n) is 5.79. The molecule has 1 atom stereocenters. The van der Waals surface area contributed by atoms with E-state index in [0.717, 1.165) is 16.8 Å². The molecule has 0 aromatic heterocycles. The summed E-state index contributed by atoms with van der Waals surface area (Å²) in [4.78, 5) is 0. The van der Waals surface area contributed by atoms with Crippen LogP contribution in [0.5, 0.6) is 0 Å². The van der Waals surface area contributed by atoms with E-state index in [0.29, 0.717) is 11.6 Å². The molecule has 3 aromatic carbocycles. The molecule has 0 amide bonds. The summed E-state index contributed by atoms with van der Waals surface area (Å²) < 4.78 is 0. The highest BCUT2D eigenvalue weighted by Crippen LogP contribution is 2.31. The number of allylic oxidation sites excluding steroid dienone is 1. The van der Waals surface area contributed by atoms with Crippen LogP contribution in [0.3, 0.4) is 0 Å². The van der Waals surface area contributed by atoms with Gasteiger partial charge >= 0.3 is 0 Å². The Morgan fingerprint density at radius 2 is 1.58 bits per heavy atom. The van der Waals surface area contributed by atoms with Gasteiger partial charge in [-0.1, -0.05) is 78.3 Å². The predicted molar refractivity (Wildman–Crippen MR) is 112 cm³/mol. The van der Waals surface area contributed by atoms with Crippen LogP contribution >= 0.6 is 11.6 Å². The van der Waals surface area contributed by atoms with Crippen LogP contribution in [-0.4, -0.2) is 5.11 Å². The molecule has 0 aliphatic heterocycles. The van der Waals surface area contributed by atoms with Gasteiger partial charge in [0.05, 0.1) is 0 Å². The second kappa shape index (κ2) is 10.4. The van der Waals surface area contributed by atoms with Crippen LogP contribution in [-0.2, 0) is 6.54 Å². The number of halogens is 1. The van der Waals surface area contributed by atoms with E-state index in [-0.39, 0.29) is 0 Å². The number of hydrogen-bond donors (Lipinski definition) is 2. The van der Waals surface area contributed by atoms with Gasteiger partial charge in [-0.2, -0.15) is 0 Å². The van der Waals surface area contributed by atoms with E-state index in [9.17, 15) is 5.11 Å². The first kappa shape index (κ1) is 19.8. The van der Waals surface area contributed by atoms with E-state index >= 15 is 0 Å². The second-order valence-corrected chi connectivity index (χ2v) is 6.23. The van der Waals surface area contributed by atoms with Gasteiger partial charge in [0.1, 0.15) is 6.10 Å². The summed E-state index contributed by atoms with van der Waals surface area (Å²) in [5.74, 6) is 0. The van der Waals surface area contributed by atoms with Crippen molar-refractivity contribution in [3.05, 3.63) is 113 Å². The van der Waals surface area contributed by atoms with Crippen molar-refractivity contribution in [2.45, 2.75) is 19.6 Å². The molecule has 1 unspecified atom stereocenters. The van der Waals surface area contributed by atoms with Crippen molar-refractivity contribution in [3.8, 4) is 0 Å². The molecule has 0 aliphatic rings. The molecule has 0 bridgehead atoms. The molecular weight excluding hydrogens is 342 g/mol. The molecule has 3 heteroatoms. The Kier molecular flexibility index (Phi) is 7.94. The zero-order valence-corrected chi connectivity index (χ0v) is 15.7. The maximum atomic E-state index is 10.7. The molecule has 3 aromatic rings. The molecule has 0 saturated carbocycles. The Balaban J connectivity index is 0.000000758. The molecule has 3 rings (SSSR count). The first-order chi connectivity index (χ1) is 12.7. The lowest BCUT2D eigenvalue weighted by molar-refractivity contribution is 0.221. The zero-order chi connectivity index (χ0) is 18.8. The number of anilines is 1. The topological polar surface area (TPSA) is 32.3 Å². The number of nitrogens with one attached hydrogen (secondary N) is 1. The van der Waals surface area contributed by atoms with E-state index in [1.54, 1.807) is 6.08 Å². The number of hydrogen-bond acceptors (Lipinski definition) is 2. The van der Waals surface area contributed by atoms with E-state index < -0.39 is 6.10 Å². The fraction of sp³-hybridized carbons (Fsp3) is 0.130. The average Bonchev–Trinajstić information content (AvgIpc) is 2.68. The molecule has 26 heavy (non-hydrogen) atoms. The quantitative estimate of drug-likeness (QED) is 0.525. The summed E-state index contributed by atoms with van der Waals surface area (Å²) in [6.07, 6.45) is 1.04. The van der Waals surface area contributed by atoms with Gasteiger partial charge in [0.2, 0.25) is 0 Å². The van der Waals surface area contributed by atoms with Crippen molar-refractivity contribution in [3.63, 3.8) is 0 Å². The Morgan fingerprint density at radius 3 is 2.19 bits per heavy atom. The van der Waals surface area contributed by atoms with Gasteiger partial charge in [0.25, 0.3) is 0 Å². The van der Waals surface area contributed by atoms with Crippen molar-refractivity contribution in [1.29, 1.82) is 0 Å². The third kappa shape index (κ3) is 5.76. The maximum absolute atomic E-state index is 10.7. The lowest BCUT2D eigenvalue weighted by atomic mass is 10.00. The Labute approximate surface area is 160 Å². The summed E-state index contributed by atoms with van der Waals surface area (Å²) in [7, 11) is 0. The van der Waals surface area contributed by atoms with Gasteiger partial charge in [-0.15, -0.1) is 6.58 Å². The molecule has 0 spiro atoms. The van der Waals surface area contributed by atoms with E-state index in [2.05, 4.69) is 24.0 Å². The van der Waals surface area contributed by atoms with Crippen molar-refractivity contribution in [1.82, 2.24) is 0 Å². The lowest BCUT2D eigenvalue weighted by Gasteiger charge is -2.18. The third-order valence-electron chi connectivity index (χ3n) is 3.75. The van der Waals surface area contributed by atoms with Gasteiger partial charge in [0.15, 0.2) is 0 Å². The molecule has 2 N–H and O–H groups in total. The largest absolute Gasteiger partial charge is 0.384 e. The Bertz CT molecular complexity index is 803. The van der Waals surface area contributed by atoms with Gasteiger partial charge in [-0.05, 0) is 36.2 Å². The van der Waals surface area contributed by atoms with E-state index in [1.807, 2.05) is 73.7 Å². The fourth-order valence-electron chi connectivity index (χ4n) is 2.53. The standard InChI is InChI=1S/C20H18ClNO.C3H6/c21-17-11-12-19(22-14-15-7-3-1-4-8-15)18(13-17)20(23)16-9-5-2-6-10-16;1-3-2/h1-13,20,22-23H,14H2;3H,1H2,2H3. The maximum Gasteiger partial charge on any atom is 0.106 e. The molecule has 0 fully saturated rings. The summed E-state index contributed by atoms with van der Waals surface area (Å²) in [5.41, 5.74) is 3.69. The minimum Gasteiger partial charge on any atom is -0.384 e. The minimum absolute atomic E-state index is 0.611. The molecule has 0 heterocycles. The number of rotatable bonds is 5. The predicted octanol–water partition coefficient (Wildman–Crippen LogP) is 6.23. The molecule has 0 saturated heterocycles. The molecule has 0 radical (unpaired) electrons. The molecule has 2 nitrogen and oxygen atoms in total. The van der Waals surface area contributed by atoms with Crippen LogP contribution in [0.2, 0.25) is 5.02 Å². The van der Waals surface area contributed by atoms with Gasteiger partial charge in [-0.3, -0.25) is 0 Å². The van der Waals surface area contributed by atoms with Crippen LogP contribution in [0.25, 0.3) is 0 Å². The van der Waals surface area contributed by atoms with E-state index in [4.69, 9.17) is 11.6 Å². The highest BCUT2D eigenvalue weighted by molar-refractivity contribution is 6.30. The number of benzene rings is 3. The van der Waals surface area contributed by atoms with Crippen molar-refractivity contribution < 1.29 is 5.11 Å². The summed E-state index contributed by atoms with van der Waals surface area (Å²) in [6, 6.07) is 25.3. The number of aliphatic hydroxyl groups excluding tert-OH is 1. The van der Waals surface area contributed by atoms with Crippen LogP contribution < -0.4 is 5.32 Å². The molecular formula is C23H24ClNO. The highest BCUT2D eigenvalue weighted by Gasteiger charge is 2.15. The Morgan fingerprint density at radius 1 is 1.00 bits per heavy atom. The summed E-state index contributed by atoms with van der Waals surface area (Å²) in [6.45, 7) is 5.94. The van der Waals surface area contributed by atoms with Gasteiger partial charge in [-0.25, -0.2) is 0 Å². The Hall–Kier alpha value is -2.55.